The van der Waals surface area contributed by atoms with Crippen LogP contribution < -0.4 is 5.32 Å². The Morgan fingerprint density at radius 1 is 1.20 bits per heavy atom. The first-order valence-electron chi connectivity index (χ1n) is 5.33. The van der Waals surface area contributed by atoms with Crippen molar-refractivity contribution >= 4 is 5.97 Å². The monoisotopic (exact) mass is 215 g/mol. The molecule has 0 saturated carbocycles. The minimum Gasteiger partial charge on any atom is -0.307 e. The molecule has 0 amide bonds. The van der Waals surface area contributed by atoms with Gasteiger partial charge in [0.1, 0.15) is 6.10 Å². The van der Waals surface area contributed by atoms with Gasteiger partial charge in [0.25, 0.3) is 0 Å². The van der Waals surface area contributed by atoms with Crippen molar-refractivity contribution in [3.05, 3.63) is 0 Å². The third-order valence-electron chi connectivity index (χ3n) is 2.45. The Morgan fingerprint density at radius 2 is 1.67 bits per heavy atom. The molecule has 1 heterocycles. The van der Waals surface area contributed by atoms with Crippen molar-refractivity contribution in [1.29, 1.82) is 0 Å². The summed E-state index contributed by atoms with van der Waals surface area (Å²) in [5, 5.41) is 3.53. The summed E-state index contributed by atoms with van der Waals surface area (Å²) in [4.78, 5) is 20.4. The largest absolute Gasteiger partial charge is 0.339 e. The molecule has 88 valence electrons. The molecular formula is C11H21NO3. The summed E-state index contributed by atoms with van der Waals surface area (Å²) in [6.07, 6.45) is 1.65. The molecule has 0 unspecified atom stereocenters. The quantitative estimate of drug-likeness (QED) is 0.563. The van der Waals surface area contributed by atoms with E-state index in [-0.39, 0.29) is 17.2 Å². The molecule has 1 rings (SSSR count). The maximum Gasteiger partial charge on any atom is 0.339 e. The van der Waals surface area contributed by atoms with Gasteiger partial charge in [-0.3, -0.25) is 4.89 Å². The van der Waals surface area contributed by atoms with Crippen molar-refractivity contribution in [2.24, 2.45) is 0 Å². The summed E-state index contributed by atoms with van der Waals surface area (Å²) < 4.78 is 0. The van der Waals surface area contributed by atoms with Crippen LogP contribution in [0, 0.1) is 0 Å². The Morgan fingerprint density at radius 3 is 2.07 bits per heavy atom. The molecular weight excluding hydrogens is 194 g/mol. The molecule has 0 atom stereocenters. The summed E-state index contributed by atoms with van der Waals surface area (Å²) in [5.41, 5.74) is 0.0130. The number of hydrogen-bond donors (Lipinski definition) is 1. The molecule has 4 heteroatoms. The minimum absolute atomic E-state index is 0.00651. The SMILES string of the molecule is CC(=O)OOC1CC(C)(C)NC(C)(C)C1. The summed E-state index contributed by atoms with van der Waals surface area (Å²) in [5.74, 6) is -0.399. The molecule has 1 fully saturated rings. The van der Waals surface area contributed by atoms with E-state index in [1.165, 1.54) is 6.92 Å². The van der Waals surface area contributed by atoms with Crippen LogP contribution in [0.4, 0.5) is 0 Å². The fourth-order valence-corrected chi connectivity index (χ4v) is 2.43. The van der Waals surface area contributed by atoms with Gasteiger partial charge in [-0.15, -0.1) is 0 Å². The Bertz CT molecular complexity index is 232. The highest BCUT2D eigenvalue weighted by atomic mass is 17.2. The average Bonchev–Trinajstić information content (AvgIpc) is 1.94. The lowest BCUT2D eigenvalue weighted by Gasteiger charge is -2.45. The molecule has 1 aliphatic rings. The van der Waals surface area contributed by atoms with Gasteiger partial charge in [0.05, 0.1) is 0 Å². The van der Waals surface area contributed by atoms with Crippen LogP contribution in [0.3, 0.4) is 0 Å². The average molecular weight is 215 g/mol. The zero-order valence-corrected chi connectivity index (χ0v) is 10.2. The van der Waals surface area contributed by atoms with E-state index in [4.69, 9.17) is 4.89 Å². The smallest absolute Gasteiger partial charge is 0.307 e. The molecule has 15 heavy (non-hydrogen) atoms. The normalized spacial score (nSPS) is 24.9. The van der Waals surface area contributed by atoms with Gasteiger partial charge in [-0.2, -0.15) is 4.89 Å². The van der Waals surface area contributed by atoms with E-state index in [2.05, 4.69) is 37.9 Å². The Balaban J connectivity index is 2.55. The lowest BCUT2D eigenvalue weighted by Crippen LogP contribution is -2.59. The van der Waals surface area contributed by atoms with Crippen LogP contribution in [0.5, 0.6) is 0 Å². The maximum absolute atomic E-state index is 10.6. The molecule has 0 aliphatic carbocycles. The van der Waals surface area contributed by atoms with Crippen LogP contribution in [0.25, 0.3) is 0 Å². The van der Waals surface area contributed by atoms with E-state index in [0.717, 1.165) is 12.8 Å². The van der Waals surface area contributed by atoms with Gasteiger partial charge in [-0.05, 0) is 40.5 Å². The zero-order chi connectivity index (χ0) is 11.7. The first-order valence-corrected chi connectivity index (χ1v) is 5.33. The summed E-state index contributed by atoms with van der Waals surface area (Å²) in [7, 11) is 0. The number of nitrogens with one attached hydrogen (secondary N) is 1. The summed E-state index contributed by atoms with van der Waals surface area (Å²) in [6.45, 7) is 9.84. The molecule has 0 spiro atoms. The maximum atomic E-state index is 10.6. The van der Waals surface area contributed by atoms with E-state index in [0.29, 0.717) is 0 Å². The van der Waals surface area contributed by atoms with Crippen LogP contribution in [-0.4, -0.2) is 23.2 Å². The third kappa shape index (κ3) is 4.18. The topological polar surface area (TPSA) is 47.6 Å². The van der Waals surface area contributed by atoms with Crippen LogP contribution in [0.2, 0.25) is 0 Å². The van der Waals surface area contributed by atoms with Crippen molar-refractivity contribution in [2.45, 2.75) is 64.6 Å². The molecule has 1 N–H and O–H groups in total. The van der Waals surface area contributed by atoms with Crippen molar-refractivity contribution in [3.8, 4) is 0 Å². The third-order valence-corrected chi connectivity index (χ3v) is 2.45. The van der Waals surface area contributed by atoms with Crippen LogP contribution in [0.1, 0.15) is 47.5 Å². The fourth-order valence-electron chi connectivity index (χ4n) is 2.43. The minimum atomic E-state index is -0.399. The molecule has 4 nitrogen and oxygen atoms in total. The van der Waals surface area contributed by atoms with E-state index in [9.17, 15) is 4.79 Å². The zero-order valence-electron chi connectivity index (χ0n) is 10.2. The van der Waals surface area contributed by atoms with Gasteiger partial charge in [0, 0.05) is 18.0 Å². The van der Waals surface area contributed by atoms with Crippen LogP contribution >= 0.6 is 0 Å². The first-order chi connectivity index (χ1) is 6.70. The van der Waals surface area contributed by atoms with Gasteiger partial charge >= 0.3 is 5.97 Å². The fraction of sp³-hybridized carbons (Fsp3) is 0.909. The van der Waals surface area contributed by atoms with Crippen molar-refractivity contribution < 1.29 is 14.6 Å². The van der Waals surface area contributed by atoms with Gasteiger partial charge < -0.3 is 5.32 Å². The lowest BCUT2D eigenvalue weighted by atomic mass is 9.81. The molecule has 1 aliphatic heterocycles. The number of carbonyl (C=O) groups is 1. The molecule has 0 aromatic rings. The second-order valence-corrected chi connectivity index (χ2v) is 5.59. The van der Waals surface area contributed by atoms with E-state index in [1.54, 1.807) is 0 Å². The highest BCUT2D eigenvalue weighted by Crippen LogP contribution is 2.30. The molecule has 0 aromatic heterocycles. The number of rotatable bonds is 2. The predicted molar refractivity (Wildman–Crippen MR) is 57.2 cm³/mol. The van der Waals surface area contributed by atoms with Gasteiger partial charge in [0.2, 0.25) is 0 Å². The van der Waals surface area contributed by atoms with E-state index in [1.807, 2.05) is 0 Å². The molecule has 1 saturated heterocycles. The number of carbonyl (C=O) groups excluding carboxylic acids is 1. The molecule has 0 aromatic carbocycles. The second kappa shape index (κ2) is 4.10. The summed E-state index contributed by atoms with van der Waals surface area (Å²) >= 11 is 0. The van der Waals surface area contributed by atoms with E-state index >= 15 is 0 Å². The van der Waals surface area contributed by atoms with Crippen LogP contribution in [0.15, 0.2) is 0 Å². The van der Waals surface area contributed by atoms with E-state index < -0.39 is 5.97 Å². The van der Waals surface area contributed by atoms with Gasteiger partial charge in [0.15, 0.2) is 0 Å². The molecule has 0 radical (unpaired) electrons. The van der Waals surface area contributed by atoms with Crippen LogP contribution in [-0.2, 0) is 14.6 Å². The highest BCUT2D eigenvalue weighted by molar-refractivity contribution is 5.65. The Kier molecular flexibility index (Phi) is 3.41. The van der Waals surface area contributed by atoms with Crippen molar-refractivity contribution in [2.75, 3.05) is 0 Å². The predicted octanol–water partition coefficient (Wildman–Crippen LogP) is 1.79. The second-order valence-electron chi connectivity index (χ2n) is 5.59. The molecule has 0 bridgehead atoms. The Labute approximate surface area is 91.3 Å². The standard InChI is InChI=1S/C11H21NO3/c1-8(13)14-15-9-6-10(2,3)12-11(4,5)7-9/h9,12H,6-7H2,1-5H3. The van der Waals surface area contributed by atoms with Gasteiger partial charge in [-0.25, -0.2) is 4.79 Å². The van der Waals surface area contributed by atoms with Gasteiger partial charge in [-0.1, -0.05) is 0 Å². The first kappa shape index (κ1) is 12.5. The van der Waals surface area contributed by atoms with Crippen molar-refractivity contribution in [3.63, 3.8) is 0 Å². The lowest BCUT2D eigenvalue weighted by molar-refractivity contribution is -0.306. The number of piperidine rings is 1. The Hall–Kier alpha value is -0.610. The highest BCUT2D eigenvalue weighted by Gasteiger charge is 2.39. The van der Waals surface area contributed by atoms with Crippen molar-refractivity contribution in [1.82, 2.24) is 5.32 Å². The number of hydrogen-bond acceptors (Lipinski definition) is 4. The summed E-state index contributed by atoms with van der Waals surface area (Å²) in [6, 6.07) is 0.